The minimum atomic E-state index is 0.367. The van der Waals surface area contributed by atoms with E-state index in [4.69, 9.17) is 0 Å². The van der Waals surface area contributed by atoms with Crippen molar-refractivity contribution in [3.05, 3.63) is 90.0 Å². The first kappa shape index (κ1) is 13.4. The van der Waals surface area contributed by atoms with E-state index in [0.717, 1.165) is 11.8 Å². The molecule has 24 heavy (non-hydrogen) atoms. The van der Waals surface area contributed by atoms with Crippen LogP contribution in [-0.4, -0.2) is 5.11 Å². The van der Waals surface area contributed by atoms with E-state index in [9.17, 15) is 5.11 Å². The quantitative estimate of drug-likeness (QED) is 0.404. The molecule has 0 saturated carbocycles. The molecule has 5 rings (SSSR count). The molecule has 5 aromatic rings. The summed E-state index contributed by atoms with van der Waals surface area (Å²) in [7, 11) is 0. The number of phenols is 1. The normalized spacial score (nSPS) is 11.7. The van der Waals surface area contributed by atoms with Crippen molar-refractivity contribution in [2.75, 3.05) is 0 Å². The maximum Gasteiger partial charge on any atom is 0.123 e. The number of aromatic hydroxyl groups is 1. The fraction of sp³-hybridized carbons (Fsp3) is 0.0435. The second-order valence-electron chi connectivity index (χ2n) is 6.40. The van der Waals surface area contributed by atoms with Crippen LogP contribution in [0.25, 0.3) is 32.3 Å². The van der Waals surface area contributed by atoms with Crippen LogP contribution in [0.2, 0.25) is 0 Å². The third kappa shape index (κ3) is 1.88. The molecule has 5 aromatic carbocycles. The van der Waals surface area contributed by atoms with E-state index < -0.39 is 0 Å². The van der Waals surface area contributed by atoms with Crippen molar-refractivity contribution >= 4 is 32.3 Å². The smallest absolute Gasteiger partial charge is 0.123 e. The van der Waals surface area contributed by atoms with Crippen LogP contribution >= 0.6 is 0 Å². The van der Waals surface area contributed by atoms with Crippen LogP contribution < -0.4 is 0 Å². The highest BCUT2D eigenvalue weighted by atomic mass is 16.3. The lowest BCUT2D eigenvalue weighted by atomic mass is 9.89. The van der Waals surface area contributed by atoms with Gasteiger partial charge in [-0.3, -0.25) is 0 Å². The van der Waals surface area contributed by atoms with Gasteiger partial charge in [-0.05, 0) is 45.2 Å². The lowest BCUT2D eigenvalue weighted by Crippen LogP contribution is -1.92. The highest BCUT2D eigenvalue weighted by molar-refractivity contribution is 6.24. The largest absolute Gasteiger partial charge is 0.507 e. The minimum absolute atomic E-state index is 0.367. The third-order valence-electron chi connectivity index (χ3n) is 4.95. The van der Waals surface area contributed by atoms with Crippen molar-refractivity contribution in [3.8, 4) is 5.75 Å². The van der Waals surface area contributed by atoms with Crippen LogP contribution in [0.1, 0.15) is 11.1 Å². The van der Waals surface area contributed by atoms with Crippen molar-refractivity contribution in [2.24, 2.45) is 0 Å². The molecule has 0 atom stereocenters. The van der Waals surface area contributed by atoms with Crippen LogP contribution in [0, 0.1) is 0 Å². The molecule has 0 aliphatic heterocycles. The molecule has 0 aliphatic rings. The Bertz CT molecular complexity index is 1160. The Morgan fingerprint density at radius 1 is 0.625 bits per heavy atom. The van der Waals surface area contributed by atoms with Crippen LogP contribution in [0.3, 0.4) is 0 Å². The summed E-state index contributed by atoms with van der Waals surface area (Å²) in [6.45, 7) is 0. The van der Waals surface area contributed by atoms with Gasteiger partial charge in [0, 0.05) is 10.8 Å². The average Bonchev–Trinajstić information content (AvgIpc) is 2.62. The summed E-state index contributed by atoms with van der Waals surface area (Å²) in [6.07, 6.45) is 0.822. The molecule has 1 nitrogen and oxygen atoms in total. The van der Waals surface area contributed by atoms with Crippen LogP contribution in [0.15, 0.2) is 78.9 Å². The van der Waals surface area contributed by atoms with Gasteiger partial charge < -0.3 is 5.11 Å². The Morgan fingerprint density at radius 2 is 1.33 bits per heavy atom. The SMILES string of the molecule is Oc1cc(Cc2ccccc2)c2ccc3cccc4ccc1c2c43. The van der Waals surface area contributed by atoms with Crippen molar-refractivity contribution < 1.29 is 5.11 Å². The summed E-state index contributed by atoms with van der Waals surface area (Å²) in [5.41, 5.74) is 2.43. The molecule has 0 heterocycles. The summed E-state index contributed by atoms with van der Waals surface area (Å²) in [4.78, 5) is 0. The van der Waals surface area contributed by atoms with E-state index >= 15 is 0 Å². The summed E-state index contributed by atoms with van der Waals surface area (Å²) in [5, 5.41) is 17.6. The third-order valence-corrected chi connectivity index (χ3v) is 4.95. The lowest BCUT2D eigenvalue weighted by Gasteiger charge is -2.15. The van der Waals surface area contributed by atoms with Gasteiger partial charge in [-0.25, -0.2) is 0 Å². The van der Waals surface area contributed by atoms with E-state index in [1.807, 2.05) is 18.2 Å². The molecule has 0 bridgehead atoms. The number of rotatable bonds is 2. The Hall–Kier alpha value is -3.06. The minimum Gasteiger partial charge on any atom is -0.507 e. The number of phenolic OH excluding ortho intramolecular Hbond substituents is 1. The van der Waals surface area contributed by atoms with Crippen LogP contribution in [-0.2, 0) is 6.42 Å². The van der Waals surface area contributed by atoms with Gasteiger partial charge in [-0.15, -0.1) is 0 Å². The van der Waals surface area contributed by atoms with E-state index in [1.165, 1.54) is 38.1 Å². The van der Waals surface area contributed by atoms with Gasteiger partial charge in [0.1, 0.15) is 5.75 Å². The molecule has 0 fully saturated rings. The zero-order valence-corrected chi connectivity index (χ0v) is 13.2. The standard InChI is InChI=1S/C23H16O/c24-21-14-18(13-15-5-2-1-3-6-15)19-11-9-16-7-4-8-17-10-12-20(21)23(19)22(16)17/h1-12,14,24H,13H2. The lowest BCUT2D eigenvalue weighted by molar-refractivity contribution is 0.481. The van der Waals surface area contributed by atoms with Gasteiger partial charge in [0.2, 0.25) is 0 Å². The van der Waals surface area contributed by atoms with Crippen molar-refractivity contribution in [2.45, 2.75) is 6.42 Å². The van der Waals surface area contributed by atoms with E-state index in [2.05, 4.69) is 60.7 Å². The maximum atomic E-state index is 10.6. The molecule has 0 aromatic heterocycles. The Balaban J connectivity index is 1.88. The summed E-state index contributed by atoms with van der Waals surface area (Å²) in [5.74, 6) is 0.367. The van der Waals surface area contributed by atoms with Gasteiger partial charge in [0.05, 0.1) is 0 Å². The molecule has 0 saturated heterocycles. The van der Waals surface area contributed by atoms with Crippen molar-refractivity contribution in [3.63, 3.8) is 0 Å². The highest BCUT2D eigenvalue weighted by Crippen LogP contribution is 2.40. The first-order chi connectivity index (χ1) is 11.8. The topological polar surface area (TPSA) is 20.2 Å². The number of benzene rings is 5. The van der Waals surface area contributed by atoms with Gasteiger partial charge in [-0.2, -0.15) is 0 Å². The maximum absolute atomic E-state index is 10.6. The monoisotopic (exact) mass is 308 g/mol. The van der Waals surface area contributed by atoms with E-state index in [1.54, 1.807) is 0 Å². The Labute approximate surface area is 140 Å². The van der Waals surface area contributed by atoms with E-state index in [0.29, 0.717) is 5.75 Å². The fourth-order valence-electron chi connectivity index (χ4n) is 3.85. The van der Waals surface area contributed by atoms with Crippen molar-refractivity contribution in [1.29, 1.82) is 0 Å². The molecule has 0 unspecified atom stereocenters. The summed E-state index contributed by atoms with van der Waals surface area (Å²) in [6, 6.07) is 27.2. The van der Waals surface area contributed by atoms with Gasteiger partial charge in [0.25, 0.3) is 0 Å². The zero-order valence-electron chi connectivity index (χ0n) is 13.2. The Morgan fingerprint density at radius 3 is 2.08 bits per heavy atom. The zero-order chi connectivity index (χ0) is 16.1. The molecule has 0 amide bonds. The summed E-state index contributed by atoms with van der Waals surface area (Å²) < 4.78 is 0. The predicted octanol–water partition coefficient (Wildman–Crippen LogP) is 5.88. The van der Waals surface area contributed by atoms with E-state index in [-0.39, 0.29) is 0 Å². The van der Waals surface area contributed by atoms with Gasteiger partial charge >= 0.3 is 0 Å². The first-order valence-electron chi connectivity index (χ1n) is 8.23. The van der Waals surface area contributed by atoms with Gasteiger partial charge in [0.15, 0.2) is 0 Å². The van der Waals surface area contributed by atoms with Crippen molar-refractivity contribution in [1.82, 2.24) is 0 Å². The first-order valence-corrected chi connectivity index (χ1v) is 8.23. The molecule has 114 valence electrons. The summed E-state index contributed by atoms with van der Waals surface area (Å²) >= 11 is 0. The fourth-order valence-corrected chi connectivity index (χ4v) is 3.85. The number of hydrogen-bond donors (Lipinski definition) is 1. The van der Waals surface area contributed by atoms with Crippen LogP contribution in [0.4, 0.5) is 0 Å². The second kappa shape index (κ2) is 4.97. The average molecular weight is 308 g/mol. The van der Waals surface area contributed by atoms with Gasteiger partial charge in [-0.1, -0.05) is 72.8 Å². The molecular formula is C23H16O. The molecule has 0 spiro atoms. The Kier molecular flexibility index (Phi) is 2.77. The molecule has 0 radical (unpaired) electrons. The second-order valence-corrected chi connectivity index (χ2v) is 6.40. The highest BCUT2D eigenvalue weighted by Gasteiger charge is 2.14. The molecule has 0 aliphatic carbocycles. The molecular weight excluding hydrogens is 292 g/mol. The molecule has 1 N–H and O–H groups in total. The van der Waals surface area contributed by atoms with Crippen LogP contribution in [0.5, 0.6) is 5.75 Å². The predicted molar refractivity (Wildman–Crippen MR) is 101 cm³/mol. The number of hydrogen-bond acceptors (Lipinski definition) is 1. The molecule has 1 heteroatoms.